The number of fused-ring (bicyclic) bond motifs is 1. The summed E-state index contributed by atoms with van der Waals surface area (Å²) in [5.74, 6) is 1.54. The first-order valence-corrected chi connectivity index (χ1v) is 8.84. The van der Waals surface area contributed by atoms with Crippen LogP contribution in [0.3, 0.4) is 0 Å². The van der Waals surface area contributed by atoms with Gasteiger partial charge < -0.3 is 4.74 Å². The van der Waals surface area contributed by atoms with Crippen molar-refractivity contribution in [2.75, 3.05) is 7.11 Å². The fourth-order valence-corrected chi connectivity index (χ4v) is 3.36. The predicted molar refractivity (Wildman–Crippen MR) is 103 cm³/mol. The van der Waals surface area contributed by atoms with E-state index in [1.54, 1.807) is 18.4 Å². The van der Waals surface area contributed by atoms with Gasteiger partial charge in [-0.25, -0.2) is 4.99 Å². The van der Waals surface area contributed by atoms with Gasteiger partial charge in [-0.05, 0) is 36.6 Å². The van der Waals surface area contributed by atoms with Crippen LogP contribution in [0.2, 0.25) is 0 Å². The maximum Gasteiger partial charge on any atom is 0.164 e. The van der Waals surface area contributed by atoms with E-state index in [1.807, 2.05) is 35.7 Å². The molecule has 0 saturated heterocycles. The summed E-state index contributed by atoms with van der Waals surface area (Å²) >= 11 is 1.63. The number of nitrogens with one attached hydrogen (secondary N) is 1. The highest BCUT2D eigenvalue weighted by molar-refractivity contribution is 7.12. The molecule has 1 aromatic heterocycles. The third kappa shape index (κ3) is 3.06. The summed E-state index contributed by atoms with van der Waals surface area (Å²) in [6.07, 6.45) is 0. The van der Waals surface area contributed by atoms with Gasteiger partial charge >= 0.3 is 0 Å². The summed E-state index contributed by atoms with van der Waals surface area (Å²) in [6, 6.07) is 18.2. The zero-order chi connectivity index (χ0) is 17.2. The van der Waals surface area contributed by atoms with Crippen LogP contribution >= 0.6 is 11.3 Å². The molecule has 1 N–H and O–H groups in total. The summed E-state index contributed by atoms with van der Waals surface area (Å²) < 4.78 is 5.40. The van der Waals surface area contributed by atoms with Crippen molar-refractivity contribution >= 4 is 28.6 Å². The van der Waals surface area contributed by atoms with E-state index in [0.717, 1.165) is 39.0 Å². The van der Waals surface area contributed by atoms with Crippen molar-refractivity contribution in [3.63, 3.8) is 0 Å². The molecule has 1 aliphatic rings. The highest BCUT2D eigenvalue weighted by Crippen LogP contribution is 2.30. The standard InChI is InChI=1S/C20H17N3OS/c1-13-5-7-14(8-6-13)19-16-12-15(24-2)9-10-17(16)21-20(23-22-19)18-4-3-11-25-18/h3-12H,1-2H3,(H,21,23). The van der Waals surface area contributed by atoms with Crippen LogP contribution < -0.4 is 10.2 Å². The summed E-state index contributed by atoms with van der Waals surface area (Å²) in [7, 11) is 1.67. The van der Waals surface area contributed by atoms with Crippen LogP contribution in [-0.2, 0) is 0 Å². The number of aryl methyl sites for hydroxylation is 1. The number of amidine groups is 1. The smallest absolute Gasteiger partial charge is 0.164 e. The molecule has 4 rings (SSSR count). The Hall–Kier alpha value is -2.92. The second kappa shape index (κ2) is 6.53. The lowest BCUT2D eigenvalue weighted by Crippen LogP contribution is -2.18. The summed E-state index contributed by atoms with van der Waals surface area (Å²) in [5.41, 5.74) is 8.06. The molecule has 1 aliphatic heterocycles. The van der Waals surface area contributed by atoms with Crippen LogP contribution in [0.15, 0.2) is 70.1 Å². The molecule has 2 heterocycles. The third-order valence-corrected chi connectivity index (χ3v) is 4.92. The van der Waals surface area contributed by atoms with E-state index in [4.69, 9.17) is 9.73 Å². The zero-order valence-corrected chi connectivity index (χ0v) is 14.8. The maximum absolute atomic E-state index is 5.40. The van der Waals surface area contributed by atoms with Crippen LogP contribution in [-0.4, -0.2) is 18.7 Å². The molecule has 5 heteroatoms. The van der Waals surface area contributed by atoms with Crippen molar-refractivity contribution in [1.29, 1.82) is 0 Å². The van der Waals surface area contributed by atoms with E-state index in [0.29, 0.717) is 0 Å². The second-order valence-corrected chi connectivity index (χ2v) is 6.71. The van der Waals surface area contributed by atoms with E-state index in [9.17, 15) is 0 Å². The first kappa shape index (κ1) is 15.6. The number of thiophene rings is 1. The SMILES string of the molecule is COc1ccc2c(c1)C(c1ccc(C)cc1)=NNC(c1cccs1)=N2. The Morgan fingerprint density at radius 2 is 1.88 bits per heavy atom. The van der Waals surface area contributed by atoms with Gasteiger partial charge in [0.15, 0.2) is 5.84 Å². The quantitative estimate of drug-likeness (QED) is 0.758. The third-order valence-electron chi connectivity index (χ3n) is 4.04. The lowest BCUT2D eigenvalue weighted by atomic mass is 9.99. The van der Waals surface area contributed by atoms with Crippen LogP contribution in [0.1, 0.15) is 21.6 Å². The fourth-order valence-electron chi connectivity index (χ4n) is 2.70. The van der Waals surface area contributed by atoms with E-state index in [-0.39, 0.29) is 0 Å². The van der Waals surface area contributed by atoms with Gasteiger partial charge in [0.05, 0.1) is 17.7 Å². The molecule has 0 amide bonds. The van der Waals surface area contributed by atoms with Crippen molar-refractivity contribution in [3.05, 3.63) is 81.5 Å². The topological polar surface area (TPSA) is 46.0 Å². The molecule has 0 spiro atoms. The molecular formula is C20H17N3OS. The average Bonchev–Trinajstić information content (AvgIpc) is 3.11. The molecule has 0 aliphatic carbocycles. The number of rotatable bonds is 3. The first-order valence-electron chi connectivity index (χ1n) is 7.96. The van der Waals surface area contributed by atoms with E-state index in [1.165, 1.54) is 5.56 Å². The Kier molecular flexibility index (Phi) is 4.07. The number of hydrazone groups is 1. The van der Waals surface area contributed by atoms with Crippen molar-refractivity contribution in [2.45, 2.75) is 6.92 Å². The molecule has 0 saturated carbocycles. The summed E-state index contributed by atoms with van der Waals surface area (Å²) in [4.78, 5) is 5.85. The highest BCUT2D eigenvalue weighted by atomic mass is 32.1. The van der Waals surface area contributed by atoms with Gasteiger partial charge in [0, 0.05) is 11.1 Å². The molecule has 3 aromatic rings. The minimum absolute atomic E-state index is 0.753. The van der Waals surface area contributed by atoms with Gasteiger partial charge in [0.1, 0.15) is 11.5 Å². The molecule has 0 fully saturated rings. The van der Waals surface area contributed by atoms with E-state index < -0.39 is 0 Å². The lowest BCUT2D eigenvalue weighted by molar-refractivity contribution is 0.415. The van der Waals surface area contributed by atoms with Gasteiger partial charge in [-0.15, -0.1) is 11.3 Å². The molecule has 124 valence electrons. The lowest BCUT2D eigenvalue weighted by Gasteiger charge is -2.10. The fraction of sp³-hybridized carbons (Fsp3) is 0.100. The molecule has 0 unspecified atom stereocenters. The number of hydrogen-bond donors (Lipinski definition) is 1. The molecular weight excluding hydrogens is 330 g/mol. The van der Waals surface area contributed by atoms with E-state index >= 15 is 0 Å². The summed E-state index contributed by atoms with van der Waals surface area (Å²) in [5, 5.41) is 6.70. The largest absolute Gasteiger partial charge is 0.497 e. The van der Waals surface area contributed by atoms with Crippen molar-refractivity contribution in [2.24, 2.45) is 10.1 Å². The minimum atomic E-state index is 0.753. The summed E-state index contributed by atoms with van der Waals surface area (Å²) in [6.45, 7) is 2.08. The number of nitrogens with zero attached hydrogens (tertiary/aromatic N) is 2. The number of methoxy groups -OCH3 is 1. The van der Waals surface area contributed by atoms with Gasteiger partial charge in [-0.1, -0.05) is 35.9 Å². The Bertz CT molecular complexity index is 957. The first-order chi connectivity index (χ1) is 12.2. The number of aliphatic imine (C=N–C) groups is 1. The molecule has 0 bridgehead atoms. The minimum Gasteiger partial charge on any atom is -0.497 e. The van der Waals surface area contributed by atoms with Crippen molar-refractivity contribution in [1.82, 2.24) is 5.43 Å². The van der Waals surface area contributed by atoms with Gasteiger partial charge in [-0.3, -0.25) is 5.43 Å². The van der Waals surface area contributed by atoms with Crippen molar-refractivity contribution in [3.8, 4) is 5.75 Å². The van der Waals surface area contributed by atoms with Gasteiger partial charge in [-0.2, -0.15) is 5.10 Å². The van der Waals surface area contributed by atoms with Crippen LogP contribution in [0, 0.1) is 6.92 Å². The molecule has 0 atom stereocenters. The number of ether oxygens (including phenoxy) is 1. The normalized spacial score (nSPS) is 13.2. The second-order valence-electron chi connectivity index (χ2n) is 5.76. The Morgan fingerprint density at radius 3 is 2.60 bits per heavy atom. The maximum atomic E-state index is 5.40. The van der Waals surface area contributed by atoms with Crippen LogP contribution in [0.4, 0.5) is 5.69 Å². The van der Waals surface area contributed by atoms with E-state index in [2.05, 4.69) is 41.7 Å². The monoisotopic (exact) mass is 347 g/mol. The predicted octanol–water partition coefficient (Wildman–Crippen LogP) is 4.50. The Morgan fingerprint density at radius 1 is 1.04 bits per heavy atom. The zero-order valence-electron chi connectivity index (χ0n) is 14.0. The average molecular weight is 347 g/mol. The molecule has 2 aromatic carbocycles. The van der Waals surface area contributed by atoms with Crippen molar-refractivity contribution < 1.29 is 4.74 Å². The van der Waals surface area contributed by atoms with Gasteiger partial charge in [0.2, 0.25) is 0 Å². The number of hydrogen-bond acceptors (Lipinski definition) is 5. The molecule has 4 nitrogen and oxygen atoms in total. The Balaban J connectivity index is 1.88. The molecule has 0 radical (unpaired) electrons. The Labute approximate surface area is 150 Å². The van der Waals surface area contributed by atoms with Gasteiger partial charge in [0.25, 0.3) is 0 Å². The molecule has 25 heavy (non-hydrogen) atoms. The highest BCUT2D eigenvalue weighted by Gasteiger charge is 2.18. The van der Waals surface area contributed by atoms with Crippen LogP contribution in [0.5, 0.6) is 5.75 Å². The van der Waals surface area contributed by atoms with Crippen LogP contribution in [0.25, 0.3) is 0 Å². The number of benzene rings is 2.